The van der Waals surface area contributed by atoms with Crippen molar-refractivity contribution in [3.63, 3.8) is 0 Å². The molecule has 0 N–H and O–H groups in total. The fourth-order valence-corrected chi connectivity index (χ4v) is 7.82. The van der Waals surface area contributed by atoms with E-state index in [0.717, 1.165) is 41.4 Å². The van der Waals surface area contributed by atoms with Crippen molar-refractivity contribution in [2.75, 3.05) is 51.4 Å². The molecule has 1 aliphatic rings. The standard InChI is InChI=1S/C34H54ClN5O6Si2/c1-22(2)27-19-36-40-29(39-11-13-42-14-12-39)18-28(37-30(27)40)23-15-25(35)17-26(16-23)43-21-24(20-38(8)32(41)44-33(3,4)5)34(6,7)31(45-47-9)46-48-10/h15-19,22,24,31H,11-14,20-21,47-48H2,1-10H3. The van der Waals surface area contributed by atoms with E-state index in [1.807, 2.05) is 49.7 Å². The molecule has 1 aliphatic heterocycles. The van der Waals surface area contributed by atoms with Crippen molar-refractivity contribution in [2.45, 2.75) is 79.4 Å². The Balaban J connectivity index is 1.68. The third-order valence-electron chi connectivity index (χ3n) is 8.55. The predicted molar refractivity (Wildman–Crippen MR) is 197 cm³/mol. The van der Waals surface area contributed by atoms with Crippen LogP contribution in [0.25, 0.3) is 16.9 Å². The first-order valence-electron chi connectivity index (χ1n) is 17.0. The number of hydrogen-bond donors (Lipinski definition) is 0. The predicted octanol–water partition coefficient (Wildman–Crippen LogP) is 5.52. The van der Waals surface area contributed by atoms with Crippen molar-refractivity contribution in [3.05, 3.63) is 41.0 Å². The van der Waals surface area contributed by atoms with Gasteiger partial charge < -0.3 is 32.9 Å². The van der Waals surface area contributed by atoms with Crippen LogP contribution in [0.15, 0.2) is 30.5 Å². The van der Waals surface area contributed by atoms with E-state index in [4.69, 9.17) is 44.7 Å². The van der Waals surface area contributed by atoms with E-state index in [1.54, 1.807) is 11.9 Å². The Bertz CT molecular complexity index is 1520. The van der Waals surface area contributed by atoms with Gasteiger partial charge in [0.05, 0.1) is 31.7 Å². The van der Waals surface area contributed by atoms with Crippen LogP contribution in [0.4, 0.5) is 10.6 Å². The number of halogens is 1. The minimum absolute atomic E-state index is 0.161. The molecule has 2 aromatic heterocycles. The summed E-state index contributed by atoms with van der Waals surface area (Å²) in [4.78, 5) is 22.0. The maximum Gasteiger partial charge on any atom is 0.410 e. The van der Waals surface area contributed by atoms with Crippen molar-refractivity contribution < 1.29 is 27.9 Å². The molecule has 4 rings (SSSR count). The number of amides is 1. The van der Waals surface area contributed by atoms with E-state index in [0.29, 0.717) is 37.1 Å². The van der Waals surface area contributed by atoms with Gasteiger partial charge in [0.25, 0.3) is 0 Å². The van der Waals surface area contributed by atoms with E-state index >= 15 is 0 Å². The van der Waals surface area contributed by atoms with E-state index in [1.165, 1.54) is 0 Å². The molecule has 3 aromatic rings. The van der Waals surface area contributed by atoms with Gasteiger partial charge in [-0.05, 0) is 44.9 Å². The molecular formula is C34H54ClN5O6Si2. The molecule has 0 spiro atoms. The second-order valence-electron chi connectivity index (χ2n) is 14.2. The first kappa shape index (κ1) is 38.1. The Labute approximate surface area is 295 Å². The number of benzene rings is 1. The molecule has 48 heavy (non-hydrogen) atoms. The SMILES string of the molecule is C[SiH2]OC(O[SiH2]C)C(C)(C)C(COc1cc(Cl)cc(-c2cc(N3CCOCC3)n3ncc(C(C)C)c3n2)c1)CN(C)C(=O)OC(C)(C)C. The molecular weight excluding hydrogens is 666 g/mol. The summed E-state index contributed by atoms with van der Waals surface area (Å²) in [6.45, 7) is 21.9. The summed E-state index contributed by atoms with van der Waals surface area (Å²) < 4.78 is 32.2. The van der Waals surface area contributed by atoms with Crippen molar-refractivity contribution in [2.24, 2.45) is 11.3 Å². The molecule has 266 valence electrons. The maximum atomic E-state index is 13.0. The molecule has 1 atom stereocenters. The monoisotopic (exact) mass is 719 g/mol. The van der Waals surface area contributed by atoms with Gasteiger partial charge in [-0.3, -0.25) is 0 Å². The lowest BCUT2D eigenvalue weighted by Crippen LogP contribution is -2.49. The van der Waals surface area contributed by atoms with Crippen molar-refractivity contribution in [1.29, 1.82) is 0 Å². The topological polar surface area (TPSA) is 99.9 Å². The molecule has 3 heterocycles. The van der Waals surface area contributed by atoms with E-state index in [2.05, 4.69) is 51.8 Å². The molecule has 1 amide bonds. The number of hydrogen-bond acceptors (Lipinski definition) is 9. The number of anilines is 1. The summed E-state index contributed by atoms with van der Waals surface area (Å²) >= 11 is 6.74. The second-order valence-corrected chi connectivity index (χ2v) is 16.5. The summed E-state index contributed by atoms with van der Waals surface area (Å²) in [5.74, 6) is 1.66. The van der Waals surface area contributed by atoms with Crippen molar-refractivity contribution in [3.8, 4) is 17.0 Å². The van der Waals surface area contributed by atoms with Gasteiger partial charge in [0.1, 0.15) is 23.5 Å². The Hall–Kier alpha value is -2.69. The lowest BCUT2D eigenvalue weighted by molar-refractivity contribution is -0.115. The lowest BCUT2D eigenvalue weighted by atomic mass is 9.78. The maximum absolute atomic E-state index is 13.0. The molecule has 0 aliphatic carbocycles. The molecule has 0 saturated carbocycles. The Morgan fingerprint density at radius 3 is 2.33 bits per heavy atom. The van der Waals surface area contributed by atoms with E-state index in [-0.39, 0.29) is 24.2 Å². The molecule has 14 heteroatoms. The molecule has 1 fully saturated rings. The van der Waals surface area contributed by atoms with Gasteiger partial charge in [0.15, 0.2) is 25.2 Å². The highest BCUT2D eigenvalue weighted by Crippen LogP contribution is 2.37. The molecule has 0 radical (unpaired) electrons. The van der Waals surface area contributed by atoms with Gasteiger partial charge in [0.2, 0.25) is 0 Å². The Morgan fingerprint density at radius 1 is 1.06 bits per heavy atom. The molecule has 0 bridgehead atoms. The Kier molecular flexibility index (Phi) is 13.0. The van der Waals surface area contributed by atoms with Gasteiger partial charge in [-0.1, -0.05) is 52.4 Å². The minimum atomic E-state index is -0.757. The van der Waals surface area contributed by atoms with Crippen LogP contribution in [0.3, 0.4) is 0 Å². The third-order valence-corrected chi connectivity index (χ3v) is 10.0. The molecule has 11 nitrogen and oxygen atoms in total. The van der Waals surface area contributed by atoms with Crippen LogP contribution in [0.5, 0.6) is 5.75 Å². The fraction of sp³-hybridized carbons (Fsp3) is 0.618. The summed E-state index contributed by atoms with van der Waals surface area (Å²) in [6, 6.07) is 7.77. The average molecular weight is 720 g/mol. The zero-order chi connectivity index (χ0) is 35.2. The summed E-state index contributed by atoms with van der Waals surface area (Å²) in [7, 11) is 0.241. The van der Waals surface area contributed by atoms with Crippen LogP contribution in [0.2, 0.25) is 18.1 Å². The van der Waals surface area contributed by atoms with Crippen molar-refractivity contribution >= 4 is 48.7 Å². The van der Waals surface area contributed by atoms with Gasteiger partial charge in [0, 0.05) is 60.2 Å². The summed E-state index contributed by atoms with van der Waals surface area (Å²) in [6.07, 6.45) is 1.13. The molecule has 1 saturated heterocycles. The quantitative estimate of drug-likeness (QED) is 0.158. The zero-order valence-electron chi connectivity index (χ0n) is 30.3. The number of fused-ring (bicyclic) bond motifs is 1. The highest BCUT2D eigenvalue weighted by molar-refractivity contribution is 6.31. The second kappa shape index (κ2) is 16.3. The molecule has 1 aromatic carbocycles. The smallest absolute Gasteiger partial charge is 0.410 e. The number of morpholine rings is 1. The molecule has 1 unspecified atom stereocenters. The van der Waals surface area contributed by atoms with Crippen LogP contribution >= 0.6 is 11.6 Å². The highest BCUT2D eigenvalue weighted by Gasteiger charge is 2.40. The van der Waals surface area contributed by atoms with Gasteiger partial charge >= 0.3 is 6.09 Å². The van der Waals surface area contributed by atoms with Crippen LogP contribution in [-0.4, -0.2) is 104 Å². The largest absolute Gasteiger partial charge is 0.493 e. The number of carbonyl (C=O) groups is 1. The van der Waals surface area contributed by atoms with Gasteiger partial charge in [-0.25, -0.2) is 9.78 Å². The van der Waals surface area contributed by atoms with Crippen molar-refractivity contribution in [1.82, 2.24) is 19.5 Å². The Morgan fingerprint density at radius 2 is 1.73 bits per heavy atom. The minimum Gasteiger partial charge on any atom is -0.493 e. The highest BCUT2D eigenvalue weighted by atomic mass is 35.5. The average Bonchev–Trinajstić information content (AvgIpc) is 3.46. The zero-order valence-corrected chi connectivity index (χ0v) is 33.9. The first-order valence-corrected chi connectivity index (χ1v) is 21.3. The number of aromatic nitrogens is 3. The normalized spacial score (nSPS) is 16.0. The number of ether oxygens (including phenoxy) is 3. The third kappa shape index (κ3) is 9.51. The van der Waals surface area contributed by atoms with Crippen LogP contribution in [-0.2, 0) is 18.3 Å². The number of nitrogens with zero attached hydrogens (tertiary/aromatic N) is 5. The first-order chi connectivity index (χ1) is 22.6. The number of carbonyl (C=O) groups excluding carboxylic acids is 1. The van der Waals surface area contributed by atoms with E-state index in [9.17, 15) is 4.79 Å². The summed E-state index contributed by atoms with van der Waals surface area (Å²) in [5, 5.41) is 5.26. The summed E-state index contributed by atoms with van der Waals surface area (Å²) in [5.41, 5.74) is 2.44. The van der Waals surface area contributed by atoms with E-state index < -0.39 is 30.5 Å². The number of rotatable bonds is 14. The van der Waals surface area contributed by atoms with Gasteiger partial charge in [-0.2, -0.15) is 9.61 Å². The van der Waals surface area contributed by atoms with Gasteiger partial charge in [-0.15, -0.1) is 0 Å². The van der Waals surface area contributed by atoms with Crippen LogP contribution in [0, 0.1) is 11.3 Å². The lowest BCUT2D eigenvalue weighted by Gasteiger charge is -2.42. The fourth-order valence-electron chi connectivity index (χ4n) is 5.75. The van der Waals surface area contributed by atoms with Crippen LogP contribution < -0.4 is 9.64 Å². The van der Waals surface area contributed by atoms with Crippen LogP contribution in [0.1, 0.15) is 59.9 Å².